The minimum atomic E-state index is -0.437. The van der Waals surface area contributed by atoms with Crippen LogP contribution in [0.15, 0.2) is 92.0 Å². The summed E-state index contributed by atoms with van der Waals surface area (Å²) in [5.41, 5.74) is 2.52. The smallest absolute Gasteiger partial charge is 0.330 e. The Kier molecular flexibility index (Phi) is 14.3. The summed E-state index contributed by atoms with van der Waals surface area (Å²) in [6.45, 7) is 8.34. The van der Waals surface area contributed by atoms with Crippen LogP contribution >= 0.6 is 0 Å². The molecule has 0 unspecified atom stereocenters. The largest absolute Gasteiger partial charge is 0.495 e. The highest BCUT2D eigenvalue weighted by Crippen LogP contribution is 2.26. The lowest BCUT2D eigenvalue weighted by Crippen LogP contribution is -2.12. The average molecular weight is 612 g/mol. The van der Waals surface area contributed by atoms with Crippen LogP contribution in [-0.4, -0.2) is 51.4 Å². The first-order valence-electron chi connectivity index (χ1n) is 14.5. The molecule has 3 aromatic carbocycles. The van der Waals surface area contributed by atoms with Gasteiger partial charge in [0.05, 0.1) is 39.2 Å². The van der Waals surface area contributed by atoms with Crippen molar-refractivity contribution in [1.82, 2.24) is 0 Å². The van der Waals surface area contributed by atoms with Crippen LogP contribution in [0.4, 0.5) is 5.69 Å². The van der Waals surface area contributed by atoms with Crippen molar-refractivity contribution in [2.45, 2.75) is 25.7 Å². The molecule has 0 spiro atoms. The molecule has 0 aliphatic rings. The summed E-state index contributed by atoms with van der Waals surface area (Å²) in [6.07, 6.45) is 5.14. The van der Waals surface area contributed by atoms with Gasteiger partial charge in [-0.2, -0.15) is 0 Å². The molecule has 3 rings (SSSR count). The van der Waals surface area contributed by atoms with Crippen LogP contribution in [0.2, 0.25) is 0 Å². The zero-order valence-electron chi connectivity index (χ0n) is 25.3. The van der Waals surface area contributed by atoms with Gasteiger partial charge in [0, 0.05) is 28.8 Å². The summed E-state index contributed by atoms with van der Waals surface area (Å²) in [6, 6.07) is 19.6. The molecule has 0 heterocycles. The van der Waals surface area contributed by atoms with Gasteiger partial charge in [0.1, 0.15) is 17.2 Å². The second-order valence-corrected chi connectivity index (χ2v) is 9.52. The van der Waals surface area contributed by atoms with Gasteiger partial charge in [-0.1, -0.05) is 25.0 Å². The van der Waals surface area contributed by atoms with Gasteiger partial charge in [0.15, 0.2) is 0 Å². The fourth-order valence-corrected chi connectivity index (χ4v) is 3.80. The molecule has 0 aliphatic heterocycles. The quantitative estimate of drug-likeness (QED) is 0.0841. The Morgan fingerprint density at radius 3 is 1.71 bits per heavy atom. The summed E-state index contributed by atoms with van der Waals surface area (Å²) >= 11 is 0. The lowest BCUT2D eigenvalue weighted by Gasteiger charge is -2.11. The standard InChI is InChI=1S/C36H37NO8/c1-4-34(38)44-24-8-6-22-42-30-17-12-27(13-18-30)10-11-28-14-21-32(33(26-28)41-3)37-36(40)29-15-19-31(20-16-29)43-23-7-9-25-45-35(39)5-2/h4-5,12-21,26H,1-2,6-9,22-25H2,3H3,(H,37,40). The average Bonchev–Trinajstić information content (AvgIpc) is 3.07. The first-order valence-corrected chi connectivity index (χ1v) is 14.5. The van der Waals surface area contributed by atoms with Crippen molar-refractivity contribution in [3.05, 3.63) is 109 Å². The van der Waals surface area contributed by atoms with Gasteiger partial charge >= 0.3 is 11.9 Å². The SMILES string of the molecule is C=CC(=O)OCCCCOc1ccc(C#Cc2ccc(NC(=O)c3ccc(OCCCCOC(=O)C=C)cc3)c(OC)c2)cc1. The van der Waals surface area contributed by atoms with Gasteiger partial charge < -0.3 is 29.0 Å². The van der Waals surface area contributed by atoms with Crippen molar-refractivity contribution in [3.63, 3.8) is 0 Å². The van der Waals surface area contributed by atoms with E-state index >= 15 is 0 Å². The molecule has 0 radical (unpaired) electrons. The van der Waals surface area contributed by atoms with Gasteiger partial charge in [-0.3, -0.25) is 4.79 Å². The number of anilines is 1. The number of carbonyl (C=O) groups excluding carboxylic acids is 3. The fraction of sp³-hybridized carbons (Fsp3) is 0.250. The number of rotatable bonds is 17. The van der Waals surface area contributed by atoms with Crippen LogP contribution in [0.25, 0.3) is 0 Å². The number of benzene rings is 3. The molecule has 0 bridgehead atoms. The van der Waals surface area contributed by atoms with Gasteiger partial charge in [0.25, 0.3) is 5.91 Å². The minimum Gasteiger partial charge on any atom is -0.495 e. The molecule has 1 N–H and O–H groups in total. The summed E-state index contributed by atoms with van der Waals surface area (Å²) < 4.78 is 26.8. The van der Waals surface area contributed by atoms with Crippen LogP contribution in [-0.2, 0) is 19.1 Å². The lowest BCUT2D eigenvalue weighted by atomic mass is 10.1. The van der Waals surface area contributed by atoms with Crippen molar-refractivity contribution in [2.75, 3.05) is 38.9 Å². The van der Waals surface area contributed by atoms with Crippen molar-refractivity contribution in [1.29, 1.82) is 0 Å². The number of amides is 1. The Morgan fingerprint density at radius 1 is 0.689 bits per heavy atom. The van der Waals surface area contributed by atoms with Crippen LogP contribution in [0.3, 0.4) is 0 Å². The van der Waals surface area contributed by atoms with E-state index in [1.807, 2.05) is 30.3 Å². The number of carbonyl (C=O) groups is 3. The number of esters is 2. The molecule has 0 aromatic heterocycles. The van der Waals surface area contributed by atoms with E-state index in [1.165, 1.54) is 7.11 Å². The van der Waals surface area contributed by atoms with Crippen LogP contribution < -0.4 is 19.5 Å². The molecule has 1 amide bonds. The van der Waals surface area contributed by atoms with E-state index in [-0.39, 0.29) is 5.91 Å². The second kappa shape index (κ2) is 18.9. The van der Waals surface area contributed by atoms with E-state index in [2.05, 4.69) is 30.3 Å². The molecule has 234 valence electrons. The molecule has 0 atom stereocenters. The molecule has 3 aromatic rings. The van der Waals surface area contributed by atoms with E-state index in [0.717, 1.165) is 35.4 Å². The highest BCUT2D eigenvalue weighted by Gasteiger charge is 2.11. The predicted octanol–water partition coefficient (Wildman–Crippen LogP) is 6.12. The third-order valence-electron chi connectivity index (χ3n) is 6.21. The highest BCUT2D eigenvalue weighted by atomic mass is 16.5. The molecule has 9 nitrogen and oxygen atoms in total. The predicted molar refractivity (Wildman–Crippen MR) is 172 cm³/mol. The van der Waals surface area contributed by atoms with Crippen molar-refractivity contribution in [3.8, 4) is 29.1 Å². The van der Waals surface area contributed by atoms with Crippen LogP contribution in [0.1, 0.15) is 47.2 Å². The number of ether oxygens (including phenoxy) is 5. The lowest BCUT2D eigenvalue weighted by molar-refractivity contribution is -0.138. The first kappa shape index (κ1) is 34.0. The molecular weight excluding hydrogens is 574 g/mol. The van der Waals surface area contributed by atoms with Gasteiger partial charge in [-0.05, 0) is 92.4 Å². The monoisotopic (exact) mass is 611 g/mol. The summed E-state index contributed by atoms with van der Waals surface area (Å²) in [5.74, 6) is 6.94. The summed E-state index contributed by atoms with van der Waals surface area (Å²) in [7, 11) is 1.53. The number of nitrogens with one attached hydrogen (secondary N) is 1. The molecular formula is C36H37NO8. The second-order valence-electron chi connectivity index (χ2n) is 9.52. The molecule has 45 heavy (non-hydrogen) atoms. The normalized spacial score (nSPS) is 9.98. The maximum absolute atomic E-state index is 12.9. The number of hydrogen-bond acceptors (Lipinski definition) is 8. The Bertz CT molecular complexity index is 1500. The maximum atomic E-state index is 12.9. The van der Waals surface area contributed by atoms with E-state index in [9.17, 15) is 14.4 Å². The van der Waals surface area contributed by atoms with Crippen molar-refractivity contribution < 1.29 is 38.1 Å². The van der Waals surface area contributed by atoms with Gasteiger partial charge in [0.2, 0.25) is 0 Å². The Balaban J connectivity index is 1.46. The zero-order chi connectivity index (χ0) is 32.3. The van der Waals surface area contributed by atoms with E-state index in [0.29, 0.717) is 68.4 Å². The zero-order valence-corrected chi connectivity index (χ0v) is 25.3. The first-order chi connectivity index (χ1) is 21.9. The third-order valence-corrected chi connectivity index (χ3v) is 6.21. The van der Waals surface area contributed by atoms with E-state index in [1.54, 1.807) is 36.4 Å². The molecule has 0 aliphatic carbocycles. The Hall–Kier alpha value is -5.49. The third kappa shape index (κ3) is 12.3. The van der Waals surface area contributed by atoms with Crippen LogP contribution in [0.5, 0.6) is 17.2 Å². The Labute approximate surface area is 263 Å². The topological polar surface area (TPSA) is 109 Å². The summed E-state index contributed by atoms with van der Waals surface area (Å²) in [4.78, 5) is 34.9. The fourth-order valence-electron chi connectivity index (χ4n) is 3.80. The highest BCUT2D eigenvalue weighted by molar-refractivity contribution is 6.05. The van der Waals surface area contributed by atoms with E-state index < -0.39 is 11.9 Å². The van der Waals surface area contributed by atoms with Crippen LogP contribution in [0, 0.1) is 11.8 Å². The molecule has 0 fully saturated rings. The number of methoxy groups -OCH3 is 1. The molecule has 0 saturated carbocycles. The molecule has 0 saturated heterocycles. The van der Waals surface area contributed by atoms with E-state index in [4.69, 9.17) is 23.7 Å². The number of unbranched alkanes of at least 4 members (excludes halogenated alkanes) is 2. The van der Waals surface area contributed by atoms with Gasteiger partial charge in [-0.15, -0.1) is 0 Å². The summed E-state index contributed by atoms with van der Waals surface area (Å²) in [5, 5.41) is 2.88. The minimum absolute atomic E-state index is 0.291. The number of hydrogen-bond donors (Lipinski definition) is 1. The van der Waals surface area contributed by atoms with Gasteiger partial charge in [-0.25, -0.2) is 9.59 Å². The maximum Gasteiger partial charge on any atom is 0.330 e. The van der Waals surface area contributed by atoms with Crippen molar-refractivity contribution >= 4 is 23.5 Å². The van der Waals surface area contributed by atoms with Crippen molar-refractivity contribution in [2.24, 2.45) is 0 Å². The Morgan fingerprint density at radius 2 is 1.18 bits per heavy atom. The molecule has 9 heteroatoms.